The molecule has 14 nitrogen and oxygen atoms in total. The number of ketones is 2. The summed E-state index contributed by atoms with van der Waals surface area (Å²) in [6.45, 7) is -1.21. The monoisotopic (exact) mass is 577 g/mol. The molecule has 0 aliphatic rings. The minimum Gasteiger partial charge on any atom is -0.457 e. The van der Waals surface area contributed by atoms with Crippen molar-refractivity contribution < 1.29 is 43.3 Å². The minimum atomic E-state index is -0.811. The Morgan fingerprint density at radius 3 is 1.71 bits per heavy atom. The summed E-state index contributed by atoms with van der Waals surface area (Å²) in [4.78, 5) is 81.0. The average Bonchev–Trinajstić information content (AvgIpc) is 2.98. The van der Waals surface area contributed by atoms with Gasteiger partial charge in [0.1, 0.15) is 0 Å². The van der Waals surface area contributed by atoms with E-state index in [0.717, 1.165) is 12.1 Å². The van der Waals surface area contributed by atoms with Gasteiger partial charge in [0.2, 0.25) is 17.5 Å². The summed E-state index contributed by atoms with van der Waals surface area (Å²) in [6.07, 6.45) is -0.0639. The highest BCUT2D eigenvalue weighted by atomic mass is 16.6. The first-order valence-corrected chi connectivity index (χ1v) is 12.3. The Kier molecular flexibility index (Phi) is 10.7. The van der Waals surface area contributed by atoms with Crippen molar-refractivity contribution in [1.29, 1.82) is 0 Å². The van der Waals surface area contributed by atoms with E-state index >= 15 is 0 Å². The number of Topliss-reactive ketones (excluding diaryl/α,β-unsaturated/α-hetero) is 2. The van der Waals surface area contributed by atoms with Gasteiger partial charge in [-0.3, -0.25) is 39.4 Å². The summed E-state index contributed by atoms with van der Waals surface area (Å²) in [5.74, 6) is -3.17. The van der Waals surface area contributed by atoms with Crippen LogP contribution in [0.3, 0.4) is 0 Å². The summed E-state index contributed by atoms with van der Waals surface area (Å²) in [5.41, 5.74) is -0.0186. The predicted molar refractivity (Wildman–Crippen MR) is 145 cm³/mol. The fraction of sp³-hybridized carbons (Fsp3) is 0.179. The number of benzene rings is 3. The van der Waals surface area contributed by atoms with Crippen LogP contribution < -0.4 is 5.32 Å². The fourth-order valence-corrected chi connectivity index (χ4v) is 3.49. The van der Waals surface area contributed by atoms with Crippen molar-refractivity contribution in [3.05, 3.63) is 110 Å². The van der Waals surface area contributed by atoms with E-state index in [9.17, 15) is 44.2 Å². The van der Waals surface area contributed by atoms with E-state index in [1.54, 1.807) is 0 Å². The molecule has 0 saturated heterocycles. The molecule has 0 heterocycles. The number of ether oxygens (including phenoxy) is 2. The van der Waals surface area contributed by atoms with Crippen LogP contribution in [0.25, 0.3) is 0 Å². The second kappa shape index (κ2) is 14.6. The maximum atomic E-state index is 12.3. The molecule has 0 unspecified atom stereocenters. The molecule has 1 N–H and O–H groups in total. The van der Waals surface area contributed by atoms with E-state index in [-0.39, 0.29) is 47.3 Å². The Bertz CT molecular complexity index is 1530. The zero-order valence-corrected chi connectivity index (χ0v) is 21.8. The van der Waals surface area contributed by atoms with E-state index in [1.807, 2.05) is 0 Å². The number of carbonyl (C=O) groups excluding carboxylic acids is 5. The molecular weight excluding hydrogens is 554 g/mol. The van der Waals surface area contributed by atoms with Crippen LogP contribution in [0.1, 0.15) is 50.3 Å². The van der Waals surface area contributed by atoms with Crippen LogP contribution in [0.4, 0.5) is 17.1 Å². The molecule has 0 aromatic heterocycles. The molecular formula is C28H23N3O11. The normalized spacial score (nSPS) is 10.3. The number of rotatable bonds is 14. The van der Waals surface area contributed by atoms with Crippen LogP contribution >= 0.6 is 0 Å². The molecule has 3 aromatic rings. The van der Waals surface area contributed by atoms with Crippen LogP contribution in [-0.4, -0.2) is 52.5 Å². The standard InChI is InChI=1S/C28H23N3O11/c32-24(19-4-1-6-22(14-19)30(37)38)16-41-27(35)9-3-8-26(34)29-21-12-10-18(11-13-21)28(36)42-17-25(33)20-5-2-7-23(15-20)31(39)40/h1-2,4-7,10-15H,3,8-9,16-17H2,(H,29,34). The molecule has 0 spiro atoms. The molecule has 3 aromatic carbocycles. The summed E-state index contributed by atoms with van der Waals surface area (Å²) < 4.78 is 9.86. The first-order valence-electron chi connectivity index (χ1n) is 12.3. The van der Waals surface area contributed by atoms with E-state index in [4.69, 9.17) is 9.47 Å². The van der Waals surface area contributed by atoms with Crippen molar-refractivity contribution in [2.75, 3.05) is 18.5 Å². The van der Waals surface area contributed by atoms with E-state index in [2.05, 4.69) is 5.32 Å². The topological polar surface area (TPSA) is 202 Å². The van der Waals surface area contributed by atoms with Gasteiger partial charge in [-0.2, -0.15) is 0 Å². The molecule has 0 radical (unpaired) electrons. The summed E-state index contributed by atoms with van der Waals surface area (Å²) in [5, 5.41) is 24.3. The number of hydrogen-bond acceptors (Lipinski definition) is 11. The van der Waals surface area contributed by atoms with Crippen molar-refractivity contribution in [2.24, 2.45) is 0 Å². The molecule has 0 saturated carbocycles. The van der Waals surface area contributed by atoms with Crippen molar-refractivity contribution >= 4 is 46.5 Å². The number of nitrogens with one attached hydrogen (secondary N) is 1. The number of carbonyl (C=O) groups is 5. The Morgan fingerprint density at radius 1 is 0.667 bits per heavy atom. The molecule has 0 aliphatic heterocycles. The third-order valence-electron chi connectivity index (χ3n) is 5.65. The zero-order valence-electron chi connectivity index (χ0n) is 21.8. The van der Waals surface area contributed by atoms with Gasteiger partial charge in [0.15, 0.2) is 13.2 Å². The van der Waals surface area contributed by atoms with Crippen LogP contribution in [0.5, 0.6) is 0 Å². The second-order valence-corrected chi connectivity index (χ2v) is 8.68. The number of non-ortho nitro benzene ring substituents is 2. The molecule has 1 amide bonds. The van der Waals surface area contributed by atoms with E-state index in [0.29, 0.717) is 5.69 Å². The summed E-state index contributed by atoms with van der Waals surface area (Å²) in [6, 6.07) is 15.7. The SMILES string of the molecule is O=C(CCCC(=O)OCC(=O)c1cccc([N+](=O)[O-])c1)Nc1ccc(C(=O)OCC(=O)c2cccc([N+](=O)[O-])c2)cc1. The Labute approximate surface area is 237 Å². The molecule has 14 heteroatoms. The third kappa shape index (κ3) is 9.15. The quantitative estimate of drug-likeness (QED) is 0.125. The van der Waals surface area contributed by atoms with Gasteiger partial charge in [-0.05, 0) is 30.7 Å². The maximum Gasteiger partial charge on any atom is 0.338 e. The van der Waals surface area contributed by atoms with Crippen molar-refractivity contribution in [3.8, 4) is 0 Å². The van der Waals surface area contributed by atoms with Crippen molar-refractivity contribution in [3.63, 3.8) is 0 Å². The molecule has 0 atom stereocenters. The van der Waals surface area contributed by atoms with Crippen molar-refractivity contribution in [2.45, 2.75) is 19.3 Å². The minimum absolute atomic E-state index is 0.0253. The maximum absolute atomic E-state index is 12.3. The van der Waals surface area contributed by atoms with Crippen LogP contribution in [-0.2, 0) is 19.1 Å². The third-order valence-corrected chi connectivity index (χ3v) is 5.65. The van der Waals surface area contributed by atoms with Crippen LogP contribution in [0.15, 0.2) is 72.8 Å². The van der Waals surface area contributed by atoms with Gasteiger partial charge < -0.3 is 14.8 Å². The number of nitro groups is 2. The van der Waals surface area contributed by atoms with Gasteiger partial charge in [-0.1, -0.05) is 24.3 Å². The van der Waals surface area contributed by atoms with Gasteiger partial charge >= 0.3 is 11.9 Å². The number of nitro benzene ring substituents is 2. The Morgan fingerprint density at radius 2 is 1.19 bits per heavy atom. The molecule has 0 fully saturated rings. The highest BCUT2D eigenvalue weighted by Crippen LogP contribution is 2.16. The molecule has 0 aliphatic carbocycles. The molecule has 3 rings (SSSR count). The van der Waals surface area contributed by atoms with Gasteiger partial charge in [0.05, 0.1) is 15.4 Å². The number of amides is 1. The average molecular weight is 578 g/mol. The van der Waals surface area contributed by atoms with Crippen LogP contribution in [0, 0.1) is 20.2 Å². The lowest BCUT2D eigenvalue weighted by molar-refractivity contribution is -0.385. The molecule has 42 heavy (non-hydrogen) atoms. The number of anilines is 1. The lowest BCUT2D eigenvalue weighted by atomic mass is 10.1. The van der Waals surface area contributed by atoms with E-state index in [1.165, 1.54) is 60.7 Å². The number of esters is 2. The highest BCUT2D eigenvalue weighted by molar-refractivity contribution is 6.00. The molecule has 0 bridgehead atoms. The first-order chi connectivity index (χ1) is 20.0. The first kappa shape index (κ1) is 30.7. The second-order valence-electron chi connectivity index (χ2n) is 8.68. The van der Waals surface area contributed by atoms with Gasteiger partial charge in [-0.25, -0.2) is 4.79 Å². The Balaban J connectivity index is 1.37. The van der Waals surface area contributed by atoms with Gasteiger partial charge in [-0.15, -0.1) is 0 Å². The molecule has 216 valence electrons. The van der Waals surface area contributed by atoms with E-state index < -0.39 is 52.5 Å². The van der Waals surface area contributed by atoms with Gasteiger partial charge in [0.25, 0.3) is 11.4 Å². The largest absolute Gasteiger partial charge is 0.457 e. The lowest BCUT2D eigenvalue weighted by Crippen LogP contribution is -2.16. The lowest BCUT2D eigenvalue weighted by Gasteiger charge is -2.08. The Hall–Kier alpha value is -5.79. The number of nitrogens with zero attached hydrogens (tertiary/aromatic N) is 2. The number of hydrogen-bond donors (Lipinski definition) is 1. The fourth-order valence-electron chi connectivity index (χ4n) is 3.49. The highest BCUT2D eigenvalue weighted by Gasteiger charge is 2.16. The van der Waals surface area contributed by atoms with Crippen molar-refractivity contribution in [1.82, 2.24) is 0 Å². The van der Waals surface area contributed by atoms with Crippen LogP contribution in [0.2, 0.25) is 0 Å². The van der Waals surface area contributed by atoms with Gasteiger partial charge in [0, 0.05) is 53.9 Å². The smallest absolute Gasteiger partial charge is 0.338 e. The summed E-state index contributed by atoms with van der Waals surface area (Å²) >= 11 is 0. The predicted octanol–water partition coefficient (Wildman–Crippen LogP) is 4.08. The summed E-state index contributed by atoms with van der Waals surface area (Å²) in [7, 11) is 0. The zero-order chi connectivity index (χ0) is 30.6.